The second kappa shape index (κ2) is 15.8. The molecule has 1 aliphatic carbocycles. The first-order valence-corrected chi connectivity index (χ1v) is 31.0. The van der Waals surface area contributed by atoms with Crippen LogP contribution < -0.4 is 68.3 Å². The van der Waals surface area contributed by atoms with Crippen molar-refractivity contribution in [1.29, 1.82) is 0 Å². The van der Waals surface area contributed by atoms with Gasteiger partial charge in [0.25, 0.3) is 0 Å². The quantitative estimate of drug-likeness (QED) is 0.225. The van der Waals surface area contributed by atoms with Gasteiger partial charge in [-0.05, 0) is 0 Å². The zero-order valence-electron chi connectivity index (χ0n) is 34.6. The van der Waals surface area contributed by atoms with Gasteiger partial charge in [0.15, 0.2) is 0 Å². The van der Waals surface area contributed by atoms with Crippen molar-refractivity contribution in [2.24, 2.45) is 0 Å². The van der Waals surface area contributed by atoms with Crippen LogP contribution in [0.25, 0.3) is 0 Å². The molecule has 0 nitrogen and oxygen atoms in total. The molecule has 4 rings (SSSR count). The molecule has 0 bridgehead atoms. The third-order valence-electron chi connectivity index (χ3n) is 12.1. The van der Waals surface area contributed by atoms with Gasteiger partial charge in [0, 0.05) is 0 Å². The molecule has 0 aliphatic heterocycles. The first-order valence-electron chi connectivity index (χ1n) is 17.7. The molecule has 0 radical (unpaired) electrons. The van der Waals surface area contributed by atoms with E-state index in [1.54, 1.807) is 42.3 Å². The molecule has 0 atom stereocenters. The van der Waals surface area contributed by atoms with Crippen molar-refractivity contribution in [3.05, 3.63) is 92.1 Å². The van der Waals surface area contributed by atoms with Crippen molar-refractivity contribution in [1.82, 2.24) is 0 Å². The zero-order valence-corrected chi connectivity index (χ0v) is 42.4. The number of benzene rings is 3. The molecule has 0 spiro atoms. The van der Waals surface area contributed by atoms with Gasteiger partial charge in [0.1, 0.15) is 0 Å². The predicted molar refractivity (Wildman–Crippen MR) is 221 cm³/mol. The topological polar surface area (TPSA) is 0 Å². The maximum Gasteiger partial charge on any atom is -1.00 e. The van der Waals surface area contributed by atoms with Crippen molar-refractivity contribution < 1.29 is 57.7 Å². The fourth-order valence-electron chi connectivity index (χ4n) is 8.68. The Morgan fingerprint density at radius 1 is 0.400 bits per heavy atom. The summed E-state index contributed by atoms with van der Waals surface area (Å²) in [6.07, 6.45) is 0. The Morgan fingerprint density at radius 2 is 0.620 bits per heavy atom. The number of rotatable bonds is 7. The molecule has 50 heavy (non-hydrogen) atoms. The summed E-state index contributed by atoms with van der Waals surface area (Å²) >= 11 is 2.67. The van der Waals surface area contributed by atoms with E-state index in [0.717, 1.165) is 0 Å². The standard InChI is InChI=1S/C42H63Si4.3ClH.Ti/c1-26-20-36(23-39(29(26)4)43(11,12)13)46(42-34(9)32(7)33(8)35(42)10,37-21-27(2)30(5)40(24-37)44(14,15)16)38-22-28(3)31(6)41(25-38)45(17,18)19;;;;/h20-25H,1-19H3;3*1H;/q;;;;+3/p-3. The summed E-state index contributed by atoms with van der Waals surface area (Å²) in [6, 6.07) is 16.2. The predicted octanol–water partition coefficient (Wildman–Crippen LogP) is -0.414. The molecular weight excluding hydrogens is 771 g/mol. The third-order valence-corrected chi connectivity index (χ3v) is 26.8. The minimum absolute atomic E-state index is 0. The average Bonchev–Trinajstić information content (AvgIpc) is 3.08. The first-order chi connectivity index (χ1) is 21.2. The largest absolute Gasteiger partial charge is 1.00 e. The van der Waals surface area contributed by atoms with E-state index in [1.807, 2.05) is 0 Å². The van der Waals surface area contributed by atoms with Crippen molar-refractivity contribution in [3.63, 3.8) is 0 Å². The summed E-state index contributed by atoms with van der Waals surface area (Å²) in [5.74, 6) is 0. The minimum Gasteiger partial charge on any atom is -1.00 e. The van der Waals surface area contributed by atoms with Crippen LogP contribution in [0.1, 0.15) is 61.1 Å². The number of hydrogen-bond donors (Lipinski definition) is 0. The van der Waals surface area contributed by atoms with E-state index in [4.69, 9.17) is 0 Å². The van der Waals surface area contributed by atoms with Crippen molar-refractivity contribution >= 4 is 63.4 Å². The van der Waals surface area contributed by atoms with Crippen LogP contribution in [0.4, 0.5) is 0 Å². The normalized spacial score (nSPS) is 15.1. The summed E-state index contributed by atoms with van der Waals surface area (Å²) in [4.78, 5) is 0. The van der Waals surface area contributed by atoms with Gasteiger partial charge in [0.2, 0.25) is 0 Å². The third kappa shape index (κ3) is 7.60. The summed E-state index contributed by atoms with van der Waals surface area (Å²) in [5, 5.41) is 9.72. The van der Waals surface area contributed by atoms with E-state index in [-0.39, 0.29) is 40.6 Å². The van der Waals surface area contributed by atoms with Crippen LogP contribution in [-0.2, 0) is 20.4 Å². The second-order valence-electron chi connectivity index (χ2n) is 18.1. The van der Waals surface area contributed by atoms with Gasteiger partial charge in [-0.15, -0.1) is 0 Å². The van der Waals surface area contributed by atoms with Crippen molar-refractivity contribution in [2.45, 2.75) is 132 Å². The van der Waals surface area contributed by atoms with Crippen LogP contribution in [0.5, 0.6) is 0 Å². The Bertz CT molecular complexity index is 1660. The van der Waals surface area contributed by atoms with Gasteiger partial charge < -0.3 is 37.2 Å². The maximum absolute atomic E-state index is 2.87. The van der Waals surface area contributed by atoms with E-state index in [9.17, 15) is 0 Å². The van der Waals surface area contributed by atoms with Gasteiger partial charge in [-0.2, -0.15) is 0 Å². The molecule has 0 amide bonds. The Kier molecular flexibility index (Phi) is 15.0. The first kappa shape index (κ1) is 47.6. The van der Waals surface area contributed by atoms with Crippen molar-refractivity contribution in [3.8, 4) is 0 Å². The fourth-order valence-corrected chi connectivity index (χ4v) is 23.6. The molecular formula is C42H63Cl3Si4Ti. The Labute approximate surface area is 341 Å². The van der Waals surface area contributed by atoms with Crippen LogP contribution in [0.2, 0.25) is 62.3 Å². The SMILES string of the molecule is CC1=C(C)[C]([Ti+3])([Si](c2cc(C)c(C)c([Si](C)(C)C)c2)(c2cc(C)c(C)c([Si](C)(C)C)c2)c2cc(C)c(C)c([Si](C)(C)C)c2)C(C)=C1C.[Cl-].[Cl-].[Cl-]. The van der Waals surface area contributed by atoms with Crippen LogP contribution in [0, 0.1) is 41.5 Å². The molecule has 0 fully saturated rings. The van der Waals surface area contributed by atoms with Gasteiger partial charge in [0.05, 0.1) is 0 Å². The second-order valence-corrected chi connectivity index (χ2v) is 39.2. The molecule has 0 saturated heterocycles. The molecule has 3 aromatic rings. The van der Waals surface area contributed by atoms with Crippen molar-refractivity contribution in [2.75, 3.05) is 0 Å². The van der Waals surface area contributed by atoms with Crippen LogP contribution in [0.3, 0.4) is 0 Å². The molecule has 0 aromatic heterocycles. The maximum atomic E-state index is 2.75. The van der Waals surface area contributed by atoms with E-state index in [0.29, 0.717) is 0 Å². The number of allylic oxidation sites excluding steroid dienone is 4. The van der Waals surface area contributed by atoms with Gasteiger partial charge in [-0.3, -0.25) is 0 Å². The monoisotopic (exact) mass is 832 g/mol. The zero-order chi connectivity index (χ0) is 36.0. The van der Waals surface area contributed by atoms with Gasteiger partial charge in [-0.1, -0.05) is 0 Å². The average molecular weight is 835 g/mol. The molecule has 1 aliphatic rings. The molecule has 0 N–H and O–H groups in total. The smallest absolute Gasteiger partial charge is 1.00 e. The van der Waals surface area contributed by atoms with Crippen LogP contribution >= 0.6 is 0 Å². The summed E-state index contributed by atoms with van der Waals surface area (Å²) in [7, 11) is -7.83. The number of aryl methyl sites for hydroxylation is 3. The minimum atomic E-state index is -2.87. The molecule has 3 aromatic carbocycles. The van der Waals surface area contributed by atoms with E-state index in [1.165, 1.54) is 44.5 Å². The molecule has 0 saturated carbocycles. The summed E-state index contributed by atoms with van der Waals surface area (Å²) in [6.45, 7) is 47.0. The van der Waals surface area contributed by atoms with Crippen LogP contribution in [-0.4, -0.2) is 32.3 Å². The molecule has 8 heteroatoms. The van der Waals surface area contributed by atoms with Gasteiger partial charge >= 0.3 is 307 Å². The summed E-state index contributed by atoms with van der Waals surface area (Å²) < 4.78 is -0.115. The number of hydrogen-bond acceptors (Lipinski definition) is 0. The fraction of sp³-hybridized carbons (Fsp3) is 0.476. The van der Waals surface area contributed by atoms with E-state index >= 15 is 0 Å². The Morgan fingerprint density at radius 3 is 0.820 bits per heavy atom. The van der Waals surface area contributed by atoms with E-state index in [2.05, 4.69) is 185 Å². The van der Waals surface area contributed by atoms with Crippen LogP contribution in [0.15, 0.2) is 58.7 Å². The Hall–Kier alpha value is -0.408. The molecule has 0 unspecified atom stereocenters. The Balaban J connectivity index is 0.00000417. The number of halogens is 3. The summed E-state index contributed by atoms with van der Waals surface area (Å²) in [5.41, 5.74) is 15.0. The molecule has 0 heterocycles. The molecule has 272 valence electrons. The van der Waals surface area contributed by atoms with Gasteiger partial charge in [-0.25, -0.2) is 0 Å². The van der Waals surface area contributed by atoms with E-state index < -0.39 is 32.3 Å².